The van der Waals surface area contributed by atoms with Crippen molar-refractivity contribution in [1.29, 1.82) is 0 Å². The first-order chi connectivity index (χ1) is 12.2. The maximum absolute atomic E-state index is 4.86. The summed E-state index contributed by atoms with van der Waals surface area (Å²) in [6.45, 7) is 20.0. The molecule has 6 nitrogen and oxygen atoms in total. The second kappa shape index (κ2) is 13.1. The van der Waals surface area contributed by atoms with Crippen molar-refractivity contribution in [2.24, 2.45) is 4.99 Å². The summed E-state index contributed by atoms with van der Waals surface area (Å²) in [4.78, 5) is 12.5. The number of piperazine rings is 1. The Hall–Kier alpha value is -0.120. The summed E-state index contributed by atoms with van der Waals surface area (Å²) in [7, 11) is 0. The Balaban J connectivity index is 0.00000338. The third kappa shape index (κ3) is 7.48. The predicted molar refractivity (Wildman–Crippen MR) is 123 cm³/mol. The number of aliphatic imine (C=N–C) groups is 1. The van der Waals surface area contributed by atoms with Gasteiger partial charge in [-0.05, 0) is 46.3 Å². The van der Waals surface area contributed by atoms with E-state index in [2.05, 4.69) is 53.0 Å². The van der Waals surface area contributed by atoms with E-state index < -0.39 is 0 Å². The first-order valence-corrected chi connectivity index (χ1v) is 10.4. The van der Waals surface area contributed by atoms with Crippen LogP contribution in [0.2, 0.25) is 0 Å². The SMILES string of the molecule is CCNC(=NCC(C)N1CCN(CC)CC1)NCC1CCCN1CC.I. The lowest BCUT2D eigenvalue weighted by molar-refractivity contribution is 0.109. The fraction of sp³-hybridized carbons (Fsp3) is 0.947. The molecular formula is C19H41IN6. The van der Waals surface area contributed by atoms with Gasteiger partial charge in [0.25, 0.3) is 0 Å². The zero-order chi connectivity index (χ0) is 18.1. The van der Waals surface area contributed by atoms with Crippen molar-refractivity contribution in [3.05, 3.63) is 0 Å². The van der Waals surface area contributed by atoms with E-state index in [1.807, 2.05) is 0 Å². The number of nitrogens with one attached hydrogen (secondary N) is 2. The van der Waals surface area contributed by atoms with Gasteiger partial charge in [-0.1, -0.05) is 13.8 Å². The van der Waals surface area contributed by atoms with E-state index in [4.69, 9.17) is 4.99 Å². The van der Waals surface area contributed by atoms with Gasteiger partial charge in [0, 0.05) is 51.4 Å². The molecule has 26 heavy (non-hydrogen) atoms. The molecule has 0 aromatic heterocycles. The first kappa shape index (κ1) is 23.9. The Morgan fingerprint density at radius 3 is 2.38 bits per heavy atom. The molecule has 0 aliphatic carbocycles. The van der Waals surface area contributed by atoms with Crippen LogP contribution in [0.25, 0.3) is 0 Å². The summed E-state index contributed by atoms with van der Waals surface area (Å²) in [6, 6.07) is 1.17. The second-order valence-corrected chi connectivity index (χ2v) is 7.34. The lowest BCUT2D eigenvalue weighted by atomic mass is 10.2. The van der Waals surface area contributed by atoms with Crippen molar-refractivity contribution in [2.45, 2.75) is 52.6 Å². The van der Waals surface area contributed by atoms with Gasteiger partial charge in [-0.25, -0.2) is 0 Å². The van der Waals surface area contributed by atoms with Gasteiger partial charge >= 0.3 is 0 Å². The Labute approximate surface area is 178 Å². The van der Waals surface area contributed by atoms with Gasteiger partial charge in [-0.2, -0.15) is 0 Å². The lowest BCUT2D eigenvalue weighted by Gasteiger charge is -2.37. The predicted octanol–water partition coefficient (Wildman–Crippen LogP) is 1.67. The average Bonchev–Trinajstić information content (AvgIpc) is 3.11. The molecule has 2 rings (SSSR count). The van der Waals surface area contributed by atoms with Gasteiger partial charge in [0.15, 0.2) is 5.96 Å². The summed E-state index contributed by atoms with van der Waals surface area (Å²) < 4.78 is 0. The Morgan fingerprint density at radius 2 is 1.77 bits per heavy atom. The van der Waals surface area contributed by atoms with Crippen LogP contribution < -0.4 is 10.6 Å². The van der Waals surface area contributed by atoms with Crippen LogP contribution in [0, 0.1) is 0 Å². The molecule has 0 aromatic carbocycles. The van der Waals surface area contributed by atoms with Gasteiger partial charge in [-0.15, -0.1) is 24.0 Å². The molecule has 7 heteroatoms. The monoisotopic (exact) mass is 480 g/mol. The molecule has 0 saturated carbocycles. The third-order valence-electron chi connectivity index (χ3n) is 5.75. The smallest absolute Gasteiger partial charge is 0.191 e. The average molecular weight is 480 g/mol. The number of rotatable bonds is 8. The zero-order valence-corrected chi connectivity index (χ0v) is 19.7. The van der Waals surface area contributed by atoms with E-state index in [0.717, 1.165) is 32.1 Å². The van der Waals surface area contributed by atoms with Crippen LogP contribution >= 0.6 is 24.0 Å². The molecule has 0 spiro atoms. The summed E-state index contributed by atoms with van der Waals surface area (Å²) >= 11 is 0. The van der Waals surface area contributed by atoms with E-state index in [9.17, 15) is 0 Å². The van der Waals surface area contributed by atoms with Crippen LogP contribution in [0.1, 0.15) is 40.5 Å². The fourth-order valence-corrected chi connectivity index (χ4v) is 3.96. The molecule has 0 bridgehead atoms. The minimum atomic E-state index is 0. The summed E-state index contributed by atoms with van der Waals surface area (Å²) in [6.07, 6.45) is 2.63. The van der Waals surface area contributed by atoms with Crippen LogP contribution in [0.4, 0.5) is 0 Å². The van der Waals surface area contributed by atoms with Gasteiger partial charge in [0.2, 0.25) is 0 Å². The van der Waals surface area contributed by atoms with Crippen LogP contribution in [0.5, 0.6) is 0 Å². The maximum Gasteiger partial charge on any atom is 0.191 e. The van der Waals surface area contributed by atoms with E-state index >= 15 is 0 Å². The van der Waals surface area contributed by atoms with Crippen LogP contribution in [-0.2, 0) is 0 Å². The highest BCUT2D eigenvalue weighted by Crippen LogP contribution is 2.15. The maximum atomic E-state index is 4.86. The fourth-order valence-electron chi connectivity index (χ4n) is 3.96. The Morgan fingerprint density at radius 1 is 1.04 bits per heavy atom. The van der Waals surface area contributed by atoms with Gasteiger partial charge in [0.05, 0.1) is 6.54 Å². The lowest BCUT2D eigenvalue weighted by Crippen LogP contribution is -2.50. The van der Waals surface area contributed by atoms with E-state index in [1.54, 1.807) is 0 Å². The second-order valence-electron chi connectivity index (χ2n) is 7.34. The highest BCUT2D eigenvalue weighted by atomic mass is 127. The van der Waals surface area contributed by atoms with Gasteiger partial charge in [-0.3, -0.25) is 14.8 Å². The molecule has 2 heterocycles. The van der Waals surface area contributed by atoms with Crippen LogP contribution in [-0.4, -0.2) is 98.2 Å². The molecular weight excluding hydrogens is 439 g/mol. The van der Waals surface area contributed by atoms with Crippen molar-refractivity contribution in [2.75, 3.05) is 65.4 Å². The standard InChI is InChI=1S/C19H40N6.HI/c1-5-20-19(22-16-18-9-8-10-24(18)7-3)21-15-17(4)25-13-11-23(6-2)12-14-25;/h17-18H,5-16H2,1-4H3,(H2,20,21,22);1H. The number of hydrogen-bond donors (Lipinski definition) is 2. The van der Waals surface area contributed by atoms with Crippen molar-refractivity contribution >= 4 is 29.9 Å². The Bertz CT molecular complexity index is 397. The molecule has 2 saturated heterocycles. The highest BCUT2D eigenvalue weighted by Gasteiger charge is 2.23. The molecule has 2 N–H and O–H groups in total. The van der Waals surface area contributed by atoms with Gasteiger partial charge in [0.1, 0.15) is 0 Å². The number of halogens is 1. The summed E-state index contributed by atoms with van der Waals surface area (Å²) in [5.41, 5.74) is 0. The van der Waals surface area contributed by atoms with Crippen molar-refractivity contribution < 1.29 is 0 Å². The highest BCUT2D eigenvalue weighted by molar-refractivity contribution is 14.0. The zero-order valence-electron chi connectivity index (χ0n) is 17.3. The quantitative estimate of drug-likeness (QED) is 0.315. The molecule has 2 fully saturated rings. The number of likely N-dealkylation sites (N-methyl/N-ethyl adjacent to an activating group) is 2. The number of likely N-dealkylation sites (tertiary alicyclic amines) is 1. The van der Waals surface area contributed by atoms with Crippen LogP contribution in [0.3, 0.4) is 0 Å². The molecule has 154 valence electrons. The van der Waals surface area contributed by atoms with E-state index in [-0.39, 0.29) is 24.0 Å². The van der Waals surface area contributed by atoms with E-state index in [0.29, 0.717) is 12.1 Å². The first-order valence-electron chi connectivity index (χ1n) is 10.4. The van der Waals surface area contributed by atoms with Crippen molar-refractivity contribution in [3.63, 3.8) is 0 Å². The third-order valence-corrected chi connectivity index (χ3v) is 5.75. The van der Waals surface area contributed by atoms with Crippen molar-refractivity contribution in [1.82, 2.24) is 25.3 Å². The van der Waals surface area contributed by atoms with E-state index in [1.165, 1.54) is 52.1 Å². The van der Waals surface area contributed by atoms with Crippen LogP contribution in [0.15, 0.2) is 4.99 Å². The number of hydrogen-bond acceptors (Lipinski definition) is 4. The molecule has 2 aliphatic rings. The number of guanidine groups is 1. The van der Waals surface area contributed by atoms with Crippen molar-refractivity contribution in [3.8, 4) is 0 Å². The Kier molecular flexibility index (Phi) is 12.1. The molecule has 0 amide bonds. The molecule has 2 atom stereocenters. The van der Waals surface area contributed by atoms with Gasteiger partial charge < -0.3 is 15.5 Å². The minimum Gasteiger partial charge on any atom is -0.357 e. The topological polar surface area (TPSA) is 46.1 Å². The largest absolute Gasteiger partial charge is 0.357 e. The molecule has 2 unspecified atom stereocenters. The molecule has 0 aromatic rings. The normalized spacial score (nSPS) is 24.3. The minimum absolute atomic E-state index is 0. The number of nitrogens with zero attached hydrogens (tertiary/aromatic N) is 4. The molecule has 0 radical (unpaired) electrons. The summed E-state index contributed by atoms with van der Waals surface area (Å²) in [5, 5.41) is 6.98. The summed E-state index contributed by atoms with van der Waals surface area (Å²) in [5.74, 6) is 0.976. The molecule has 2 aliphatic heterocycles.